The van der Waals surface area contributed by atoms with Crippen molar-refractivity contribution in [1.29, 1.82) is 0 Å². The summed E-state index contributed by atoms with van der Waals surface area (Å²) in [6, 6.07) is 8.43. The second kappa shape index (κ2) is 4.44. The van der Waals surface area contributed by atoms with E-state index in [2.05, 4.69) is 0 Å². The zero-order chi connectivity index (χ0) is 12.4. The molecule has 0 radical (unpaired) electrons. The number of Topliss-reactive ketones (excluding diaryl/α,β-unsaturated/α-hetero) is 1. The minimum atomic E-state index is -0.210. The minimum Gasteiger partial charge on any atom is -0.485 e. The molecule has 0 amide bonds. The summed E-state index contributed by atoms with van der Waals surface area (Å²) in [6.07, 6.45) is 1.45. The van der Waals surface area contributed by atoms with Crippen molar-refractivity contribution in [2.75, 3.05) is 13.4 Å². The molecular formula is C13H10O5. The van der Waals surface area contributed by atoms with E-state index in [1.54, 1.807) is 30.3 Å². The molecule has 0 fully saturated rings. The molecule has 0 N–H and O–H groups in total. The van der Waals surface area contributed by atoms with E-state index >= 15 is 0 Å². The third-order valence-corrected chi connectivity index (χ3v) is 2.51. The molecule has 0 bridgehead atoms. The van der Waals surface area contributed by atoms with Gasteiger partial charge >= 0.3 is 0 Å². The third kappa shape index (κ3) is 2.02. The van der Waals surface area contributed by atoms with Gasteiger partial charge in [-0.3, -0.25) is 4.79 Å². The Kier molecular flexibility index (Phi) is 2.64. The van der Waals surface area contributed by atoms with E-state index in [4.69, 9.17) is 18.6 Å². The number of rotatable bonds is 4. The molecule has 18 heavy (non-hydrogen) atoms. The summed E-state index contributed by atoms with van der Waals surface area (Å²) in [6.45, 7) is 0.136. The maximum absolute atomic E-state index is 11.6. The van der Waals surface area contributed by atoms with Gasteiger partial charge in [0.25, 0.3) is 0 Å². The molecule has 92 valence electrons. The van der Waals surface area contributed by atoms with Crippen molar-refractivity contribution in [1.82, 2.24) is 0 Å². The second-order valence-electron chi connectivity index (χ2n) is 3.70. The summed E-state index contributed by atoms with van der Waals surface area (Å²) < 4.78 is 20.7. The highest BCUT2D eigenvalue weighted by Gasteiger charge is 2.15. The quantitative estimate of drug-likeness (QED) is 0.774. The van der Waals surface area contributed by atoms with Crippen LogP contribution in [-0.2, 0) is 0 Å². The molecule has 0 unspecified atom stereocenters. The predicted molar refractivity (Wildman–Crippen MR) is 61.1 cm³/mol. The van der Waals surface area contributed by atoms with Gasteiger partial charge in [-0.15, -0.1) is 0 Å². The molecule has 0 spiro atoms. The standard InChI is InChI=1S/C13H10O5/c14-10(11-2-1-5-15-11)7-16-9-3-4-12-13(6-9)18-8-17-12/h1-6H,7-8H2. The summed E-state index contributed by atoms with van der Waals surface area (Å²) in [4.78, 5) is 11.6. The van der Waals surface area contributed by atoms with Crippen LogP contribution in [0.3, 0.4) is 0 Å². The van der Waals surface area contributed by atoms with Gasteiger partial charge < -0.3 is 18.6 Å². The van der Waals surface area contributed by atoms with Gasteiger partial charge in [0.2, 0.25) is 12.6 Å². The molecule has 5 heteroatoms. The van der Waals surface area contributed by atoms with Crippen LogP contribution < -0.4 is 14.2 Å². The molecule has 0 saturated carbocycles. The fourth-order valence-electron chi connectivity index (χ4n) is 1.62. The zero-order valence-electron chi connectivity index (χ0n) is 9.42. The summed E-state index contributed by atoms with van der Waals surface area (Å²) in [5.74, 6) is 1.94. The Hall–Kier alpha value is -2.43. The topological polar surface area (TPSA) is 57.9 Å². The Balaban J connectivity index is 1.65. The molecule has 0 saturated heterocycles. The van der Waals surface area contributed by atoms with Gasteiger partial charge in [0.05, 0.1) is 6.26 Å². The van der Waals surface area contributed by atoms with E-state index in [1.165, 1.54) is 6.26 Å². The van der Waals surface area contributed by atoms with Crippen LogP contribution in [0.5, 0.6) is 17.2 Å². The molecule has 0 atom stereocenters. The average molecular weight is 246 g/mol. The number of benzene rings is 1. The zero-order valence-corrected chi connectivity index (χ0v) is 9.42. The SMILES string of the molecule is O=C(COc1ccc2c(c1)OCO2)c1ccco1. The fraction of sp³-hybridized carbons (Fsp3) is 0.154. The summed E-state index contributed by atoms with van der Waals surface area (Å²) in [5.41, 5.74) is 0. The van der Waals surface area contributed by atoms with E-state index in [-0.39, 0.29) is 24.9 Å². The van der Waals surface area contributed by atoms with Gasteiger partial charge in [0, 0.05) is 6.07 Å². The Morgan fingerprint density at radius 3 is 2.94 bits per heavy atom. The summed E-state index contributed by atoms with van der Waals surface area (Å²) in [7, 11) is 0. The van der Waals surface area contributed by atoms with Gasteiger partial charge in [-0.2, -0.15) is 0 Å². The van der Waals surface area contributed by atoms with Crippen LogP contribution in [0.4, 0.5) is 0 Å². The van der Waals surface area contributed by atoms with Crippen molar-refractivity contribution in [2.24, 2.45) is 0 Å². The number of ketones is 1. The average Bonchev–Trinajstić information content (AvgIpc) is 3.05. The first-order valence-electron chi connectivity index (χ1n) is 5.42. The lowest BCUT2D eigenvalue weighted by atomic mass is 10.3. The van der Waals surface area contributed by atoms with Crippen LogP contribution in [0, 0.1) is 0 Å². The maximum atomic E-state index is 11.6. The number of carbonyl (C=O) groups is 1. The fourth-order valence-corrected chi connectivity index (χ4v) is 1.62. The molecule has 1 aromatic heterocycles. The van der Waals surface area contributed by atoms with Gasteiger partial charge in [-0.25, -0.2) is 0 Å². The lowest BCUT2D eigenvalue weighted by Gasteiger charge is -2.05. The van der Waals surface area contributed by atoms with Crippen LogP contribution in [0.2, 0.25) is 0 Å². The van der Waals surface area contributed by atoms with Crippen LogP contribution in [-0.4, -0.2) is 19.2 Å². The molecular weight excluding hydrogens is 236 g/mol. The molecule has 1 aliphatic rings. The number of hydrogen-bond donors (Lipinski definition) is 0. The number of hydrogen-bond acceptors (Lipinski definition) is 5. The first-order chi connectivity index (χ1) is 8.83. The number of fused-ring (bicyclic) bond motifs is 1. The van der Waals surface area contributed by atoms with Crippen molar-refractivity contribution in [3.8, 4) is 17.2 Å². The summed E-state index contributed by atoms with van der Waals surface area (Å²) in [5, 5.41) is 0. The molecule has 2 aromatic rings. The first-order valence-corrected chi connectivity index (χ1v) is 5.42. The molecule has 1 aromatic carbocycles. The highest BCUT2D eigenvalue weighted by molar-refractivity contribution is 5.94. The Morgan fingerprint density at radius 2 is 2.11 bits per heavy atom. The van der Waals surface area contributed by atoms with E-state index in [1.807, 2.05) is 0 Å². The smallest absolute Gasteiger partial charge is 0.235 e. The third-order valence-electron chi connectivity index (χ3n) is 2.51. The lowest BCUT2D eigenvalue weighted by molar-refractivity contribution is 0.0893. The highest BCUT2D eigenvalue weighted by atomic mass is 16.7. The van der Waals surface area contributed by atoms with E-state index in [0.29, 0.717) is 17.2 Å². The van der Waals surface area contributed by atoms with Crippen molar-refractivity contribution >= 4 is 5.78 Å². The number of ether oxygens (including phenoxy) is 3. The lowest BCUT2D eigenvalue weighted by Crippen LogP contribution is -2.10. The first kappa shape index (κ1) is 10.7. The molecule has 0 aliphatic carbocycles. The van der Waals surface area contributed by atoms with Crippen LogP contribution >= 0.6 is 0 Å². The second-order valence-corrected chi connectivity index (χ2v) is 3.70. The van der Waals surface area contributed by atoms with Gasteiger partial charge in [-0.05, 0) is 24.3 Å². The molecule has 5 nitrogen and oxygen atoms in total. The molecule has 1 aliphatic heterocycles. The monoisotopic (exact) mass is 246 g/mol. The molecule has 3 rings (SSSR count). The van der Waals surface area contributed by atoms with Crippen molar-refractivity contribution in [2.45, 2.75) is 0 Å². The maximum Gasteiger partial charge on any atom is 0.235 e. The van der Waals surface area contributed by atoms with E-state index in [9.17, 15) is 4.79 Å². The van der Waals surface area contributed by atoms with E-state index < -0.39 is 0 Å². The van der Waals surface area contributed by atoms with Crippen molar-refractivity contribution in [3.05, 3.63) is 42.4 Å². The van der Waals surface area contributed by atoms with Gasteiger partial charge in [-0.1, -0.05) is 0 Å². The van der Waals surface area contributed by atoms with Gasteiger partial charge in [0.15, 0.2) is 23.9 Å². The van der Waals surface area contributed by atoms with E-state index in [0.717, 1.165) is 0 Å². The Morgan fingerprint density at radius 1 is 1.22 bits per heavy atom. The predicted octanol–water partition coefficient (Wildman–Crippen LogP) is 2.27. The summed E-state index contributed by atoms with van der Waals surface area (Å²) >= 11 is 0. The number of furan rings is 1. The normalized spacial score (nSPS) is 12.4. The Labute approximate surface area is 103 Å². The Bertz CT molecular complexity index is 559. The van der Waals surface area contributed by atoms with Gasteiger partial charge in [0.1, 0.15) is 5.75 Å². The number of carbonyl (C=O) groups excluding carboxylic acids is 1. The minimum absolute atomic E-state index is 0.0762. The van der Waals surface area contributed by atoms with Crippen LogP contribution in [0.15, 0.2) is 41.0 Å². The van der Waals surface area contributed by atoms with Crippen molar-refractivity contribution < 1.29 is 23.4 Å². The van der Waals surface area contributed by atoms with Crippen LogP contribution in [0.25, 0.3) is 0 Å². The largest absolute Gasteiger partial charge is 0.485 e. The van der Waals surface area contributed by atoms with Crippen molar-refractivity contribution in [3.63, 3.8) is 0 Å². The molecule has 2 heterocycles. The van der Waals surface area contributed by atoms with Crippen LogP contribution in [0.1, 0.15) is 10.6 Å². The highest BCUT2D eigenvalue weighted by Crippen LogP contribution is 2.35.